The van der Waals surface area contributed by atoms with Crippen molar-refractivity contribution in [3.63, 3.8) is 0 Å². The highest BCUT2D eigenvalue weighted by molar-refractivity contribution is 4.80. The monoisotopic (exact) mass is 258 g/mol. The van der Waals surface area contributed by atoms with Gasteiger partial charge in [0.15, 0.2) is 0 Å². The molecule has 1 rings (SSSR count). The largest absolute Gasteiger partial charge is 0.382 e. The Bertz CT molecular complexity index is 200. The summed E-state index contributed by atoms with van der Waals surface area (Å²) in [6.07, 6.45) is 2.41. The molecule has 0 aromatic rings. The average Bonchev–Trinajstić information content (AvgIpc) is 2.35. The van der Waals surface area contributed by atoms with Gasteiger partial charge in [0.25, 0.3) is 0 Å². The van der Waals surface area contributed by atoms with Crippen LogP contribution in [-0.2, 0) is 9.47 Å². The third-order valence-electron chi connectivity index (χ3n) is 3.38. The van der Waals surface area contributed by atoms with Crippen molar-refractivity contribution in [3.05, 3.63) is 0 Å². The van der Waals surface area contributed by atoms with Crippen molar-refractivity contribution in [2.75, 3.05) is 53.1 Å². The van der Waals surface area contributed by atoms with Gasteiger partial charge in [-0.1, -0.05) is 13.8 Å². The molecule has 1 fully saturated rings. The molecule has 0 aromatic carbocycles. The van der Waals surface area contributed by atoms with Gasteiger partial charge in [0.1, 0.15) is 0 Å². The Morgan fingerprint density at radius 2 is 2.11 bits per heavy atom. The van der Waals surface area contributed by atoms with Crippen LogP contribution in [-0.4, -0.2) is 64.1 Å². The Balaban J connectivity index is 2.13. The first-order chi connectivity index (χ1) is 8.74. The van der Waals surface area contributed by atoms with Crippen LogP contribution in [0.2, 0.25) is 0 Å². The highest BCUT2D eigenvalue weighted by Crippen LogP contribution is 2.13. The van der Waals surface area contributed by atoms with Crippen LogP contribution in [0, 0.1) is 5.92 Å². The van der Waals surface area contributed by atoms with Crippen LogP contribution in [0.25, 0.3) is 0 Å². The van der Waals surface area contributed by atoms with Gasteiger partial charge in [0.05, 0.1) is 13.2 Å². The molecular weight excluding hydrogens is 228 g/mol. The number of methoxy groups -OCH3 is 1. The van der Waals surface area contributed by atoms with E-state index < -0.39 is 0 Å². The zero-order valence-electron chi connectivity index (χ0n) is 12.3. The lowest BCUT2D eigenvalue weighted by molar-refractivity contribution is 0.0592. The van der Waals surface area contributed by atoms with Crippen molar-refractivity contribution in [2.45, 2.75) is 32.7 Å². The molecule has 108 valence electrons. The number of nitrogens with zero attached hydrogens (tertiary/aromatic N) is 1. The second kappa shape index (κ2) is 9.73. The fraction of sp³-hybridized carbons (Fsp3) is 1.00. The molecule has 0 aliphatic carbocycles. The summed E-state index contributed by atoms with van der Waals surface area (Å²) in [5.74, 6) is 0.773. The predicted molar refractivity (Wildman–Crippen MR) is 75.0 cm³/mol. The van der Waals surface area contributed by atoms with E-state index in [2.05, 4.69) is 24.1 Å². The van der Waals surface area contributed by atoms with Crippen molar-refractivity contribution in [2.24, 2.45) is 5.92 Å². The lowest BCUT2D eigenvalue weighted by atomic mass is 10.0. The lowest BCUT2D eigenvalue weighted by Gasteiger charge is -2.37. The van der Waals surface area contributed by atoms with E-state index >= 15 is 0 Å². The minimum atomic E-state index is 0.698. The molecule has 0 radical (unpaired) electrons. The molecular formula is C14H30N2O2. The summed E-state index contributed by atoms with van der Waals surface area (Å²) < 4.78 is 10.5. The van der Waals surface area contributed by atoms with Crippen LogP contribution in [0.15, 0.2) is 0 Å². The molecule has 18 heavy (non-hydrogen) atoms. The van der Waals surface area contributed by atoms with E-state index in [1.807, 2.05) is 0 Å². The maximum absolute atomic E-state index is 5.51. The predicted octanol–water partition coefficient (Wildman–Crippen LogP) is 1.36. The first-order valence-corrected chi connectivity index (χ1v) is 7.25. The topological polar surface area (TPSA) is 33.7 Å². The number of piperazine rings is 1. The van der Waals surface area contributed by atoms with Gasteiger partial charge < -0.3 is 14.8 Å². The SMILES string of the molecule is COCCOCCCN1CCNCC1CC(C)C. The van der Waals surface area contributed by atoms with Crippen molar-refractivity contribution >= 4 is 0 Å². The lowest BCUT2D eigenvalue weighted by Crippen LogP contribution is -2.52. The minimum absolute atomic E-state index is 0.698. The highest BCUT2D eigenvalue weighted by atomic mass is 16.5. The molecule has 4 heteroatoms. The smallest absolute Gasteiger partial charge is 0.0700 e. The van der Waals surface area contributed by atoms with Gasteiger partial charge in [-0.25, -0.2) is 0 Å². The van der Waals surface area contributed by atoms with Crippen LogP contribution in [0.3, 0.4) is 0 Å². The standard InChI is InChI=1S/C14H30N2O2/c1-13(2)11-14-12-15-5-7-16(14)6-4-8-18-10-9-17-3/h13-15H,4-12H2,1-3H3. The fourth-order valence-corrected chi connectivity index (χ4v) is 2.49. The zero-order chi connectivity index (χ0) is 13.2. The quantitative estimate of drug-likeness (QED) is 0.633. The molecule has 4 nitrogen and oxygen atoms in total. The first kappa shape index (κ1) is 15.9. The van der Waals surface area contributed by atoms with Crippen molar-refractivity contribution in [3.8, 4) is 0 Å². The molecule has 1 unspecified atom stereocenters. The Hall–Kier alpha value is -0.160. The number of ether oxygens (including phenoxy) is 2. The number of rotatable bonds is 9. The number of hydrogen-bond donors (Lipinski definition) is 1. The van der Waals surface area contributed by atoms with Crippen molar-refractivity contribution < 1.29 is 9.47 Å². The third-order valence-corrected chi connectivity index (χ3v) is 3.38. The van der Waals surface area contributed by atoms with E-state index in [-0.39, 0.29) is 0 Å². The molecule has 0 bridgehead atoms. The van der Waals surface area contributed by atoms with Crippen LogP contribution < -0.4 is 5.32 Å². The van der Waals surface area contributed by atoms with Gasteiger partial charge in [0, 0.05) is 45.9 Å². The Morgan fingerprint density at radius 1 is 1.28 bits per heavy atom. The van der Waals surface area contributed by atoms with Crippen molar-refractivity contribution in [1.29, 1.82) is 0 Å². The summed E-state index contributed by atoms with van der Waals surface area (Å²) in [6, 6.07) is 0.706. The minimum Gasteiger partial charge on any atom is -0.382 e. The molecule has 1 heterocycles. The van der Waals surface area contributed by atoms with Crippen molar-refractivity contribution in [1.82, 2.24) is 10.2 Å². The van der Waals surface area contributed by atoms with E-state index in [1.165, 1.54) is 13.0 Å². The Labute approximate surface area is 112 Å². The molecule has 0 aromatic heterocycles. The van der Waals surface area contributed by atoms with Gasteiger partial charge in [-0.05, 0) is 18.8 Å². The van der Waals surface area contributed by atoms with Crippen LogP contribution in [0.4, 0.5) is 0 Å². The Morgan fingerprint density at radius 3 is 2.83 bits per heavy atom. The average molecular weight is 258 g/mol. The molecule has 1 N–H and O–H groups in total. The normalized spacial score (nSPS) is 21.7. The van der Waals surface area contributed by atoms with Gasteiger partial charge >= 0.3 is 0 Å². The molecule has 0 saturated carbocycles. The van der Waals surface area contributed by atoms with Gasteiger partial charge in [-0.3, -0.25) is 4.90 Å². The molecule has 0 spiro atoms. The van der Waals surface area contributed by atoms with E-state index in [9.17, 15) is 0 Å². The maximum Gasteiger partial charge on any atom is 0.0700 e. The maximum atomic E-state index is 5.51. The molecule has 1 aliphatic heterocycles. The molecule has 1 aliphatic rings. The van der Waals surface area contributed by atoms with E-state index in [1.54, 1.807) is 7.11 Å². The second-order valence-electron chi connectivity index (χ2n) is 5.48. The molecule has 0 amide bonds. The summed E-state index contributed by atoms with van der Waals surface area (Å²) in [7, 11) is 1.71. The van der Waals surface area contributed by atoms with E-state index in [0.717, 1.165) is 38.6 Å². The third kappa shape index (κ3) is 6.69. The second-order valence-corrected chi connectivity index (χ2v) is 5.48. The Kier molecular flexibility index (Phi) is 8.59. The summed E-state index contributed by atoms with van der Waals surface area (Å²) in [5.41, 5.74) is 0. The van der Waals surface area contributed by atoms with Gasteiger partial charge in [0.2, 0.25) is 0 Å². The van der Waals surface area contributed by atoms with E-state index in [0.29, 0.717) is 19.3 Å². The fourth-order valence-electron chi connectivity index (χ4n) is 2.49. The summed E-state index contributed by atoms with van der Waals surface area (Å²) >= 11 is 0. The summed E-state index contributed by atoms with van der Waals surface area (Å²) in [5, 5.41) is 3.50. The molecule has 1 saturated heterocycles. The van der Waals surface area contributed by atoms with Crippen LogP contribution in [0.5, 0.6) is 0 Å². The first-order valence-electron chi connectivity index (χ1n) is 7.25. The number of nitrogens with one attached hydrogen (secondary N) is 1. The highest BCUT2D eigenvalue weighted by Gasteiger charge is 2.22. The molecule has 1 atom stereocenters. The number of hydrogen-bond acceptors (Lipinski definition) is 4. The van der Waals surface area contributed by atoms with E-state index in [4.69, 9.17) is 9.47 Å². The van der Waals surface area contributed by atoms with Crippen LogP contribution in [0.1, 0.15) is 26.7 Å². The van der Waals surface area contributed by atoms with Crippen LogP contribution >= 0.6 is 0 Å². The van der Waals surface area contributed by atoms with Gasteiger partial charge in [-0.2, -0.15) is 0 Å². The summed E-state index contributed by atoms with van der Waals surface area (Å²) in [6.45, 7) is 11.5. The summed E-state index contributed by atoms with van der Waals surface area (Å²) in [4.78, 5) is 2.62. The van der Waals surface area contributed by atoms with Gasteiger partial charge in [-0.15, -0.1) is 0 Å². The zero-order valence-corrected chi connectivity index (χ0v) is 12.3.